The Morgan fingerprint density at radius 3 is 2.45 bits per heavy atom. The number of carbonyl (C=O) groups is 1. The van der Waals surface area contributed by atoms with Crippen LogP contribution in [0.15, 0.2) is 0 Å². The van der Waals surface area contributed by atoms with E-state index in [0.29, 0.717) is 13.0 Å². The quantitative estimate of drug-likeness (QED) is 0.321. The molecule has 1 aliphatic heterocycles. The number of hydrogen-bond donors (Lipinski definition) is 4. The molecule has 6 nitrogen and oxygen atoms in total. The third kappa shape index (κ3) is 1.000. The van der Waals surface area contributed by atoms with Gasteiger partial charge in [0.2, 0.25) is 5.72 Å². The fraction of sp³-hybridized carbons (Fsp3) is 0.800. The maximum Gasteiger partial charge on any atom is 0.354 e. The second-order valence-electron chi connectivity index (χ2n) is 2.62. The van der Waals surface area contributed by atoms with Gasteiger partial charge in [-0.3, -0.25) is 5.84 Å². The van der Waals surface area contributed by atoms with Crippen molar-refractivity contribution in [1.82, 2.24) is 5.01 Å². The molecule has 0 saturated carbocycles. The third-order valence-electron chi connectivity index (χ3n) is 1.95. The Morgan fingerprint density at radius 2 is 2.27 bits per heavy atom. The lowest BCUT2D eigenvalue weighted by atomic mass is 10.1. The molecule has 0 spiro atoms. The van der Waals surface area contributed by atoms with Gasteiger partial charge < -0.3 is 15.9 Å². The molecule has 6 N–H and O–H groups in total. The summed E-state index contributed by atoms with van der Waals surface area (Å²) in [6.45, 7) is 0.296. The molecule has 11 heavy (non-hydrogen) atoms. The van der Waals surface area contributed by atoms with E-state index in [1.165, 1.54) is 0 Å². The van der Waals surface area contributed by atoms with Crippen molar-refractivity contribution < 1.29 is 15.0 Å². The molecule has 1 aliphatic rings. The van der Waals surface area contributed by atoms with Crippen LogP contribution in [0, 0.1) is 0 Å². The fourth-order valence-corrected chi connectivity index (χ4v) is 1.14. The lowest BCUT2D eigenvalue weighted by Gasteiger charge is -2.27. The molecule has 1 fully saturated rings. The normalized spacial score (nSPS) is 39.4. The van der Waals surface area contributed by atoms with Crippen molar-refractivity contribution in [1.29, 1.82) is 0 Å². The molecule has 0 aliphatic carbocycles. The van der Waals surface area contributed by atoms with Gasteiger partial charge in [0.15, 0.2) is 0 Å². The largest absolute Gasteiger partial charge is 0.478 e. The lowest BCUT2D eigenvalue weighted by molar-refractivity contribution is -0.179. The summed E-state index contributed by atoms with van der Waals surface area (Å²) in [5, 5.41) is 18.8. The summed E-state index contributed by atoms with van der Waals surface area (Å²) < 4.78 is 0. The van der Waals surface area contributed by atoms with Gasteiger partial charge in [0, 0.05) is 6.54 Å². The molecule has 1 rings (SSSR count). The van der Waals surface area contributed by atoms with E-state index in [9.17, 15) is 9.90 Å². The van der Waals surface area contributed by atoms with E-state index in [1.54, 1.807) is 0 Å². The first-order valence-electron chi connectivity index (χ1n) is 3.23. The molecule has 0 aromatic heterocycles. The van der Waals surface area contributed by atoms with Crippen molar-refractivity contribution in [2.75, 3.05) is 6.54 Å². The molecule has 0 aromatic rings. The van der Waals surface area contributed by atoms with E-state index in [4.69, 9.17) is 16.7 Å². The second kappa shape index (κ2) is 2.42. The molecule has 1 unspecified atom stereocenters. The molecule has 0 radical (unpaired) electrons. The Kier molecular flexibility index (Phi) is 1.85. The number of nitrogens with zero attached hydrogens (tertiary/aromatic N) is 1. The van der Waals surface area contributed by atoms with Crippen molar-refractivity contribution >= 4 is 5.97 Å². The monoisotopic (exact) mass is 161 g/mol. The van der Waals surface area contributed by atoms with Crippen LogP contribution >= 0.6 is 0 Å². The van der Waals surface area contributed by atoms with Gasteiger partial charge in [0.05, 0.1) is 6.04 Å². The highest BCUT2D eigenvalue weighted by Gasteiger charge is 2.51. The summed E-state index contributed by atoms with van der Waals surface area (Å²) in [4.78, 5) is 10.5. The third-order valence-corrected chi connectivity index (χ3v) is 1.95. The number of carboxylic acids is 1. The minimum atomic E-state index is -2.08. The molecule has 1 saturated heterocycles. The zero-order valence-electron chi connectivity index (χ0n) is 5.90. The van der Waals surface area contributed by atoms with Gasteiger partial charge in [-0.25, -0.2) is 9.80 Å². The zero-order chi connectivity index (χ0) is 8.65. The lowest BCUT2D eigenvalue weighted by Crippen LogP contribution is -2.61. The Hall–Kier alpha value is -0.690. The average Bonchev–Trinajstić information content (AvgIpc) is 2.18. The number of hydrazine groups is 1. The maximum atomic E-state index is 10.5. The van der Waals surface area contributed by atoms with Gasteiger partial charge >= 0.3 is 5.97 Å². The van der Waals surface area contributed by atoms with Crippen LogP contribution < -0.4 is 11.6 Å². The van der Waals surface area contributed by atoms with E-state index >= 15 is 0 Å². The minimum absolute atomic E-state index is 0.296. The summed E-state index contributed by atoms with van der Waals surface area (Å²) in [7, 11) is 0. The summed E-state index contributed by atoms with van der Waals surface area (Å²) in [5.74, 6) is 3.83. The van der Waals surface area contributed by atoms with Crippen LogP contribution in [-0.4, -0.2) is 39.5 Å². The summed E-state index contributed by atoms with van der Waals surface area (Å²) in [5.41, 5.74) is 3.27. The van der Waals surface area contributed by atoms with Crippen LogP contribution in [0.2, 0.25) is 0 Å². The van der Waals surface area contributed by atoms with Gasteiger partial charge in [-0.1, -0.05) is 0 Å². The predicted octanol–water partition coefficient (Wildman–Crippen LogP) is -2.33. The van der Waals surface area contributed by atoms with Gasteiger partial charge in [0.1, 0.15) is 0 Å². The van der Waals surface area contributed by atoms with Crippen LogP contribution in [0.4, 0.5) is 0 Å². The molecule has 0 bridgehead atoms. The summed E-state index contributed by atoms with van der Waals surface area (Å²) in [6.07, 6.45) is 0.388. The van der Waals surface area contributed by atoms with Crippen LogP contribution in [0.3, 0.4) is 0 Å². The number of aliphatic hydroxyl groups is 1. The van der Waals surface area contributed by atoms with Crippen LogP contribution in [0.25, 0.3) is 0 Å². The van der Waals surface area contributed by atoms with E-state index < -0.39 is 17.7 Å². The molecule has 2 atom stereocenters. The van der Waals surface area contributed by atoms with Gasteiger partial charge in [-0.15, -0.1) is 0 Å². The Labute approximate surface area is 63.4 Å². The number of aliphatic carboxylic acids is 1. The molecular weight excluding hydrogens is 150 g/mol. The smallest absolute Gasteiger partial charge is 0.354 e. The van der Waals surface area contributed by atoms with Crippen molar-refractivity contribution in [2.45, 2.75) is 18.2 Å². The van der Waals surface area contributed by atoms with E-state index in [2.05, 4.69) is 0 Å². The topological polar surface area (TPSA) is 113 Å². The van der Waals surface area contributed by atoms with Crippen molar-refractivity contribution in [2.24, 2.45) is 11.6 Å². The molecule has 0 aromatic carbocycles. The highest BCUT2D eigenvalue weighted by molar-refractivity contribution is 5.78. The minimum Gasteiger partial charge on any atom is -0.478 e. The van der Waals surface area contributed by atoms with E-state index in [0.717, 1.165) is 5.01 Å². The van der Waals surface area contributed by atoms with Crippen LogP contribution in [0.5, 0.6) is 0 Å². The number of nitrogens with two attached hydrogens (primary N) is 2. The molecule has 64 valence electrons. The standard InChI is InChI=1S/C5H11N3O3/c6-3-1-2-8(7)5(3,11)4(9)10/h3,11H,1-2,6-7H2,(H,9,10)/t3?,5-/m1/s1. The summed E-state index contributed by atoms with van der Waals surface area (Å²) in [6, 6.07) is -0.815. The Morgan fingerprint density at radius 1 is 1.73 bits per heavy atom. The van der Waals surface area contributed by atoms with Gasteiger partial charge in [0.25, 0.3) is 0 Å². The zero-order valence-corrected chi connectivity index (χ0v) is 5.90. The van der Waals surface area contributed by atoms with Crippen molar-refractivity contribution in [3.8, 4) is 0 Å². The van der Waals surface area contributed by atoms with Crippen LogP contribution in [0.1, 0.15) is 6.42 Å². The fourth-order valence-electron chi connectivity index (χ4n) is 1.14. The molecule has 1 heterocycles. The maximum absolute atomic E-state index is 10.5. The highest BCUT2D eigenvalue weighted by atomic mass is 16.4. The number of rotatable bonds is 1. The van der Waals surface area contributed by atoms with E-state index in [-0.39, 0.29) is 0 Å². The van der Waals surface area contributed by atoms with Crippen molar-refractivity contribution in [3.63, 3.8) is 0 Å². The van der Waals surface area contributed by atoms with Crippen molar-refractivity contribution in [3.05, 3.63) is 0 Å². The Balaban J connectivity index is 2.88. The van der Waals surface area contributed by atoms with Gasteiger partial charge in [-0.2, -0.15) is 0 Å². The second-order valence-corrected chi connectivity index (χ2v) is 2.62. The highest BCUT2D eigenvalue weighted by Crippen LogP contribution is 2.22. The van der Waals surface area contributed by atoms with Crippen LogP contribution in [-0.2, 0) is 4.79 Å². The first-order valence-corrected chi connectivity index (χ1v) is 3.23. The number of hydrogen-bond acceptors (Lipinski definition) is 5. The van der Waals surface area contributed by atoms with Gasteiger partial charge in [-0.05, 0) is 6.42 Å². The SMILES string of the molecule is NC1CCN(N)[C@]1(O)C(=O)O. The first-order chi connectivity index (χ1) is 4.99. The first kappa shape index (κ1) is 8.41. The summed E-state index contributed by atoms with van der Waals surface area (Å²) >= 11 is 0. The molecular formula is C5H11N3O3. The van der Waals surface area contributed by atoms with E-state index in [1.807, 2.05) is 0 Å². The Bertz CT molecular complexity index is 174. The molecule has 6 heteroatoms. The molecule has 0 amide bonds. The number of carboxylic acid groups (broad SMARTS) is 1. The predicted molar refractivity (Wildman–Crippen MR) is 36.1 cm³/mol. The average molecular weight is 161 g/mol.